The zero-order valence-corrected chi connectivity index (χ0v) is 30.8. The lowest BCUT2D eigenvalue weighted by Crippen LogP contribution is -2.00. The molecule has 0 unspecified atom stereocenters. The molecule has 2 aromatic heterocycles. The summed E-state index contributed by atoms with van der Waals surface area (Å²) in [5.41, 5.74) is 11.3. The predicted molar refractivity (Wildman–Crippen MR) is 235 cm³/mol. The maximum atomic E-state index is 6.38. The van der Waals surface area contributed by atoms with Crippen molar-refractivity contribution in [2.75, 3.05) is 0 Å². The summed E-state index contributed by atoms with van der Waals surface area (Å²) in [5.74, 6) is 1.83. The molecular formula is C53H33N3O. The number of hydrogen-bond acceptors (Lipinski definition) is 4. The highest BCUT2D eigenvalue weighted by molar-refractivity contribution is 6.09. The second kappa shape index (κ2) is 13.6. The molecule has 266 valence electrons. The summed E-state index contributed by atoms with van der Waals surface area (Å²) < 4.78 is 6.38. The summed E-state index contributed by atoms with van der Waals surface area (Å²) in [6, 6.07) is 70.0. The van der Waals surface area contributed by atoms with Gasteiger partial charge < -0.3 is 4.42 Å². The molecule has 9 aromatic carbocycles. The number of benzene rings is 9. The summed E-state index contributed by atoms with van der Waals surface area (Å²) in [6.07, 6.45) is 0. The molecule has 0 saturated heterocycles. The maximum absolute atomic E-state index is 6.38. The van der Waals surface area contributed by atoms with Crippen LogP contribution in [0.25, 0.3) is 111 Å². The van der Waals surface area contributed by atoms with E-state index in [1.165, 1.54) is 38.2 Å². The highest BCUT2D eigenvalue weighted by Gasteiger charge is 2.17. The summed E-state index contributed by atoms with van der Waals surface area (Å²) in [4.78, 5) is 15.4. The minimum Gasteiger partial charge on any atom is -0.456 e. The van der Waals surface area contributed by atoms with Crippen molar-refractivity contribution >= 4 is 43.5 Å². The van der Waals surface area contributed by atoms with Crippen LogP contribution < -0.4 is 0 Å². The van der Waals surface area contributed by atoms with Gasteiger partial charge in [-0.3, -0.25) is 0 Å². The van der Waals surface area contributed by atoms with E-state index >= 15 is 0 Å². The quantitative estimate of drug-likeness (QED) is 0.171. The smallest absolute Gasteiger partial charge is 0.164 e. The first-order valence-electron chi connectivity index (χ1n) is 19.2. The van der Waals surface area contributed by atoms with Gasteiger partial charge in [-0.05, 0) is 103 Å². The van der Waals surface area contributed by atoms with Crippen molar-refractivity contribution in [1.82, 2.24) is 15.0 Å². The third-order valence-corrected chi connectivity index (χ3v) is 10.9. The van der Waals surface area contributed by atoms with Crippen molar-refractivity contribution in [1.29, 1.82) is 0 Å². The van der Waals surface area contributed by atoms with Crippen molar-refractivity contribution in [2.24, 2.45) is 0 Å². The van der Waals surface area contributed by atoms with Crippen molar-refractivity contribution in [3.05, 3.63) is 200 Å². The van der Waals surface area contributed by atoms with Gasteiger partial charge in [0, 0.05) is 27.5 Å². The molecule has 11 rings (SSSR count). The van der Waals surface area contributed by atoms with Crippen molar-refractivity contribution in [3.8, 4) is 67.5 Å². The molecule has 0 fully saturated rings. The Morgan fingerprint density at radius 2 is 0.754 bits per heavy atom. The highest BCUT2D eigenvalue weighted by Crippen LogP contribution is 2.38. The second-order valence-electron chi connectivity index (χ2n) is 14.4. The van der Waals surface area contributed by atoms with Crippen LogP contribution in [0.4, 0.5) is 0 Å². The van der Waals surface area contributed by atoms with E-state index in [0.29, 0.717) is 17.5 Å². The lowest BCUT2D eigenvalue weighted by atomic mass is 9.92. The molecule has 0 saturated carbocycles. The Labute approximate surface area is 329 Å². The van der Waals surface area contributed by atoms with Crippen LogP contribution in [-0.4, -0.2) is 15.0 Å². The summed E-state index contributed by atoms with van der Waals surface area (Å²) >= 11 is 0. The topological polar surface area (TPSA) is 51.8 Å². The lowest BCUT2D eigenvalue weighted by molar-refractivity contribution is 0.669. The lowest BCUT2D eigenvalue weighted by Gasteiger charge is -2.13. The molecule has 0 aliphatic heterocycles. The minimum absolute atomic E-state index is 0.599. The Morgan fingerprint density at radius 3 is 1.49 bits per heavy atom. The normalized spacial score (nSPS) is 11.5. The SMILES string of the molecule is c1ccc(-c2cc(-c3cccc(-c4nc(-c5ccccc5)nc(-c5ccc6oc7ccc(-c8cccc9ccccc89)cc7c6c5)n4)c3)c3ccccc3c2)cc1. The van der Waals surface area contributed by atoms with Crippen LogP contribution in [0.5, 0.6) is 0 Å². The Morgan fingerprint density at radius 1 is 0.263 bits per heavy atom. The van der Waals surface area contributed by atoms with E-state index < -0.39 is 0 Å². The molecule has 0 aliphatic rings. The number of hydrogen-bond donors (Lipinski definition) is 0. The first-order chi connectivity index (χ1) is 28.2. The van der Waals surface area contributed by atoms with Crippen LogP contribution in [0.15, 0.2) is 205 Å². The fraction of sp³-hybridized carbons (Fsp3) is 0. The number of rotatable bonds is 6. The van der Waals surface area contributed by atoms with Gasteiger partial charge in [0.25, 0.3) is 0 Å². The van der Waals surface area contributed by atoms with Crippen LogP contribution in [0.1, 0.15) is 0 Å². The highest BCUT2D eigenvalue weighted by atomic mass is 16.3. The van der Waals surface area contributed by atoms with Crippen LogP contribution in [0.3, 0.4) is 0 Å². The number of furan rings is 1. The molecule has 0 bridgehead atoms. The molecule has 0 radical (unpaired) electrons. The van der Waals surface area contributed by atoms with Crippen molar-refractivity contribution < 1.29 is 4.42 Å². The van der Waals surface area contributed by atoms with Gasteiger partial charge in [0.1, 0.15) is 11.2 Å². The van der Waals surface area contributed by atoms with E-state index in [1.807, 2.05) is 42.5 Å². The van der Waals surface area contributed by atoms with Crippen molar-refractivity contribution in [2.45, 2.75) is 0 Å². The van der Waals surface area contributed by atoms with Gasteiger partial charge in [0.05, 0.1) is 0 Å². The van der Waals surface area contributed by atoms with E-state index in [9.17, 15) is 0 Å². The molecule has 2 heterocycles. The first kappa shape index (κ1) is 32.7. The molecule has 57 heavy (non-hydrogen) atoms. The Kier molecular flexibility index (Phi) is 7.78. The fourth-order valence-electron chi connectivity index (χ4n) is 8.08. The predicted octanol–water partition coefficient (Wildman–Crippen LogP) is 14.1. The van der Waals surface area contributed by atoms with Crippen molar-refractivity contribution in [3.63, 3.8) is 0 Å². The number of nitrogens with zero attached hydrogens (tertiary/aromatic N) is 3. The number of fused-ring (bicyclic) bond motifs is 5. The third-order valence-electron chi connectivity index (χ3n) is 10.9. The Bertz CT molecular complexity index is 3290. The largest absolute Gasteiger partial charge is 0.456 e. The minimum atomic E-state index is 0.599. The molecule has 4 nitrogen and oxygen atoms in total. The van der Waals surface area contributed by atoms with Gasteiger partial charge in [-0.1, -0.05) is 152 Å². The van der Waals surface area contributed by atoms with E-state index in [-0.39, 0.29) is 0 Å². The summed E-state index contributed by atoms with van der Waals surface area (Å²) in [6.45, 7) is 0. The summed E-state index contributed by atoms with van der Waals surface area (Å²) in [7, 11) is 0. The molecule has 11 aromatic rings. The Balaban J connectivity index is 1.06. The molecule has 4 heteroatoms. The molecular weight excluding hydrogens is 695 g/mol. The van der Waals surface area contributed by atoms with Gasteiger partial charge in [-0.2, -0.15) is 0 Å². The standard InChI is InChI=1S/C53H33N3O/c1-3-13-34(14-4-1)42-30-37-18-8-10-23-45(37)46(33-42)38-20-11-21-40(29-38)52-54-51(36-16-5-2-6-17-36)55-53(56-52)41-26-28-50-48(32-41)47-31-39(25-27-49(47)57-50)44-24-12-19-35-15-7-9-22-43(35)44/h1-33H. The van der Waals surface area contributed by atoms with Crippen LogP contribution >= 0.6 is 0 Å². The zero-order chi connectivity index (χ0) is 37.7. The fourth-order valence-corrected chi connectivity index (χ4v) is 8.08. The van der Waals surface area contributed by atoms with Gasteiger partial charge in [0.15, 0.2) is 17.5 Å². The molecule has 0 amide bonds. The van der Waals surface area contributed by atoms with E-state index in [1.54, 1.807) is 0 Å². The van der Waals surface area contributed by atoms with E-state index in [4.69, 9.17) is 19.4 Å². The average molecular weight is 728 g/mol. The van der Waals surface area contributed by atoms with Crippen LogP contribution in [0.2, 0.25) is 0 Å². The monoisotopic (exact) mass is 727 g/mol. The van der Waals surface area contributed by atoms with Crippen LogP contribution in [-0.2, 0) is 0 Å². The molecule has 0 atom stereocenters. The van der Waals surface area contributed by atoms with Gasteiger partial charge >= 0.3 is 0 Å². The number of aromatic nitrogens is 3. The molecule has 0 spiro atoms. The summed E-state index contributed by atoms with van der Waals surface area (Å²) in [5, 5.41) is 6.89. The molecule has 0 N–H and O–H groups in total. The zero-order valence-electron chi connectivity index (χ0n) is 30.8. The second-order valence-corrected chi connectivity index (χ2v) is 14.4. The van der Waals surface area contributed by atoms with E-state index in [0.717, 1.165) is 55.3 Å². The third kappa shape index (κ3) is 5.92. The van der Waals surface area contributed by atoms with Gasteiger partial charge in [-0.25, -0.2) is 15.0 Å². The van der Waals surface area contributed by atoms with Crippen LogP contribution in [0, 0.1) is 0 Å². The maximum Gasteiger partial charge on any atom is 0.164 e. The van der Waals surface area contributed by atoms with E-state index in [2.05, 4.69) is 158 Å². The Hall–Kier alpha value is -7.69. The average Bonchev–Trinajstić information content (AvgIpc) is 3.66. The molecule has 0 aliphatic carbocycles. The van der Waals surface area contributed by atoms with Gasteiger partial charge in [0.2, 0.25) is 0 Å². The first-order valence-corrected chi connectivity index (χ1v) is 19.2. The van der Waals surface area contributed by atoms with Gasteiger partial charge in [-0.15, -0.1) is 0 Å².